The molecule has 0 atom stereocenters. The molecule has 0 radical (unpaired) electrons. The summed E-state index contributed by atoms with van der Waals surface area (Å²) in [7, 11) is 0. The Morgan fingerprint density at radius 3 is 3.15 bits per heavy atom. The SMILES string of the molecule is C=C(C)c1cnc2n1C=CCC=C2. The zero-order valence-corrected chi connectivity index (χ0v) is 7.70. The molecule has 2 heteroatoms. The largest absolute Gasteiger partial charge is 0.300 e. The van der Waals surface area contributed by atoms with Crippen LogP contribution in [-0.2, 0) is 0 Å². The minimum atomic E-state index is 0.971. The van der Waals surface area contributed by atoms with Gasteiger partial charge in [0.05, 0.1) is 11.9 Å². The molecule has 0 unspecified atom stereocenters. The molecule has 0 spiro atoms. The van der Waals surface area contributed by atoms with Crippen molar-refractivity contribution in [3.63, 3.8) is 0 Å². The van der Waals surface area contributed by atoms with Crippen molar-refractivity contribution < 1.29 is 0 Å². The van der Waals surface area contributed by atoms with Crippen LogP contribution in [0.2, 0.25) is 0 Å². The second-order valence-electron chi connectivity index (χ2n) is 3.17. The summed E-state index contributed by atoms with van der Waals surface area (Å²) < 4.78 is 2.06. The predicted molar refractivity (Wildman–Crippen MR) is 55.9 cm³/mol. The lowest BCUT2D eigenvalue weighted by Crippen LogP contribution is -1.93. The third kappa shape index (κ3) is 1.35. The number of hydrogen-bond acceptors (Lipinski definition) is 1. The van der Waals surface area contributed by atoms with Crippen molar-refractivity contribution in [2.75, 3.05) is 0 Å². The van der Waals surface area contributed by atoms with E-state index in [1.165, 1.54) is 0 Å². The minimum absolute atomic E-state index is 0.971. The summed E-state index contributed by atoms with van der Waals surface area (Å²) >= 11 is 0. The van der Waals surface area contributed by atoms with Gasteiger partial charge in [-0.05, 0) is 25.0 Å². The first kappa shape index (κ1) is 8.05. The van der Waals surface area contributed by atoms with Crippen LogP contribution >= 0.6 is 0 Å². The zero-order valence-electron chi connectivity index (χ0n) is 7.70. The predicted octanol–water partition coefficient (Wildman–Crippen LogP) is 2.80. The van der Waals surface area contributed by atoms with Crippen molar-refractivity contribution in [2.45, 2.75) is 13.3 Å². The van der Waals surface area contributed by atoms with Crippen LogP contribution in [-0.4, -0.2) is 9.55 Å². The maximum absolute atomic E-state index is 4.30. The van der Waals surface area contributed by atoms with Gasteiger partial charge in [-0.1, -0.05) is 18.7 Å². The lowest BCUT2D eigenvalue weighted by Gasteiger charge is -2.02. The van der Waals surface area contributed by atoms with Gasteiger partial charge >= 0.3 is 0 Å². The van der Waals surface area contributed by atoms with Crippen molar-refractivity contribution in [3.8, 4) is 0 Å². The van der Waals surface area contributed by atoms with Crippen LogP contribution in [0.3, 0.4) is 0 Å². The van der Waals surface area contributed by atoms with Crippen LogP contribution in [0.4, 0.5) is 0 Å². The summed E-state index contributed by atoms with van der Waals surface area (Å²) in [6, 6.07) is 0. The molecule has 66 valence electrons. The first-order valence-electron chi connectivity index (χ1n) is 4.35. The van der Waals surface area contributed by atoms with Crippen molar-refractivity contribution in [3.05, 3.63) is 36.4 Å². The average molecular weight is 172 g/mol. The number of rotatable bonds is 1. The molecule has 0 fully saturated rings. The fourth-order valence-corrected chi connectivity index (χ4v) is 1.39. The van der Waals surface area contributed by atoms with Gasteiger partial charge in [-0.3, -0.25) is 0 Å². The molecule has 2 heterocycles. The van der Waals surface area contributed by atoms with Crippen LogP contribution in [0.25, 0.3) is 17.8 Å². The summed E-state index contributed by atoms with van der Waals surface area (Å²) in [5.41, 5.74) is 2.12. The van der Waals surface area contributed by atoms with Crippen molar-refractivity contribution >= 4 is 17.8 Å². The van der Waals surface area contributed by atoms with Crippen LogP contribution < -0.4 is 0 Å². The number of hydrogen-bond donors (Lipinski definition) is 0. The molecule has 1 aliphatic rings. The van der Waals surface area contributed by atoms with Crippen molar-refractivity contribution in [1.82, 2.24) is 9.55 Å². The highest BCUT2D eigenvalue weighted by Crippen LogP contribution is 2.17. The van der Waals surface area contributed by atoms with E-state index in [0.717, 1.165) is 23.5 Å². The van der Waals surface area contributed by atoms with Gasteiger partial charge in [-0.2, -0.15) is 0 Å². The molecule has 0 amide bonds. The number of allylic oxidation sites excluding steroid dienone is 3. The van der Waals surface area contributed by atoms with Gasteiger partial charge in [0.25, 0.3) is 0 Å². The highest BCUT2D eigenvalue weighted by Gasteiger charge is 2.06. The molecule has 0 aliphatic carbocycles. The first-order chi connectivity index (χ1) is 6.29. The fraction of sp³-hybridized carbons (Fsp3) is 0.182. The molecule has 0 saturated carbocycles. The summed E-state index contributed by atoms with van der Waals surface area (Å²) in [6.45, 7) is 5.91. The topological polar surface area (TPSA) is 17.8 Å². The molecule has 1 aromatic rings. The van der Waals surface area contributed by atoms with Crippen LogP contribution in [0, 0.1) is 0 Å². The summed E-state index contributed by atoms with van der Waals surface area (Å²) in [6.07, 6.45) is 11.1. The van der Waals surface area contributed by atoms with Gasteiger partial charge in [0.15, 0.2) is 0 Å². The molecule has 0 bridgehead atoms. The fourth-order valence-electron chi connectivity index (χ4n) is 1.39. The molecule has 2 nitrogen and oxygen atoms in total. The molecular formula is C11H12N2. The Kier molecular flexibility index (Phi) is 1.89. The molecule has 1 aromatic heterocycles. The highest BCUT2D eigenvalue weighted by molar-refractivity contribution is 5.63. The molecule has 1 aliphatic heterocycles. The number of nitrogens with zero attached hydrogens (tertiary/aromatic N) is 2. The summed E-state index contributed by atoms with van der Waals surface area (Å²) in [4.78, 5) is 4.30. The number of fused-ring (bicyclic) bond motifs is 1. The summed E-state index contributed by atoms with van der Waals surface area (Å²) in [5.74, 6) is 0.978. The van der Waals surface area contributed by atoms with Gasteiger partial charge in [0, 0.05) is 6.20 Å². The Labute approximate surface area is 77.9 Å². The summed E-state index contributed by atoms with van der Waals surface area (Å²) in [5, 5.41) is 0. The molecule has 0 saturated heterocycles. The van der Waals surface area contributed by atoms with Gasteiger partial charge in [0.1, 0.15) is 5.82 Å². The van der Waals surface area contributed by atoms with Gasteiger partial charge in [-0.25, -0.2) is 4.98 Å². The number of aromatic nitrogens is 2. The van der Waals surface area contributed by atoms with E-state index in [-0.39, 0.29) is 0 Å². The average Bonchev–Trinajstić information content (AvgIpc) is 2.36. The Bertz CT molecular complexity index is 394. The van der Waals surface area contributed by atoms with E-state index >= 15 is 0 Å². The molecule has 0 N–H and O–H groups in total. The molecule has 2 rings (SSSR count). The standard InChI is InChI=1S/C11H12N2/c1-9(2)10-8-12-11-6-4-3-5-7-13(10)11/h4-8H,1,3H2,2H3. The quantitative estimate of drug-likeness (QED) is 0.637. The van der Waals surface area contributed by atoms with E-state index in [9.17, 15) is 0 Å². The van der Waals surface area contributed by atoms with Crippen LogP contribution in [0.5, 0.6) is 0 Å². The monoisotopic (exact) mass is 172 g/mol. The van der Waals surface area contributed by atoms with Crippen molar-refractivity contribution in [2.24, 2.45) is 0 Å². The van der Waals surface area contributed by atoms with E-state index in [2.05, 4.69) is 28.3 Å². The Morgan fingerprint density at radius 1 is 1.54 bits per heavy atom. The van der Waals surface area contributed by atoms with Gasteiger partial charge in [0.2, 0.25) is 0 Å². The number of imidazole rings is 1. The molecular weight excluding hydrogens is 160 g/mol. The Balaban J connectivity index is 2.58. The third-order valence-corrected chi connectivity index (χ3v) is 2.06. The van der Waals surface area contributed by atoms with E-state index in [4.69, 9.17) is 0 Å². The second kappa shape index (κ2) is 3.05. The van der Waals surface area contributed by atoms with E-state index in [1.54, 1.807) is 0 Å². The first-order valence-corrected chi connectivity index (χ1v) is 4.35. The Morgan fingerprint density at radius 2 is 2.38 bits per heavy atom. The van der Waals surface area contributed by atoms with E-state index < -0.39 is 0 Å². The second-order valence-corrected chi connectivity index (χ2v) is 3.17. The lowest BCUT2D eigenvalue weighted by molar-refractivity contribution is 1.09. The highest BCUT2D eigenvalue weighted by atomic mass is 15.1. The molecule has 0 aromatic carbocycles. The maximum atomic E-state index is 4.30. The van der Waals surface area contributed by atoms with Crippen LogP contribution in [0.1, 0.15) is 24.9 Å². The lowest BCUT2D eigenvalue weighted by atomic mass is 10.3. The minimum Gasteiger partial charge on any atom is -0.300 e. The van der Waals surface area contributed by atoms with Gasteiger partial charge in [-0.15, -0.1) is 0 Å². The zero-order chi connectivity index (χ0) is 9.26. The molecule has 13 heavy (non-hydrogen) atoms. The van der Waals surface area contributed by atoms with E-state index in [1.807, 2.05) is 25.4 Å². The smallest absolute Gasteiger partial charge is 0.136 e. The van der Waals surface area contributed by atoms with Crippen LogP contribution in [0.15, 0.2) is 24.9 Å². The van der Waals surface area contributed by atoms with Gasteiger partial charge < -0.3 is 4.57 Å². The van der Waals surface area contributed by atoms with Crippen molar-refractivity contribution in [1.29, 1.82) is 0 Å². The maximum Gasteiger partial charge on any atom is 0.136 e. The Hall–Kier alpha value is -1.57. The normalized spacial score (nSPS) is 13.9. The van der Waals surface area contributed by atoms with E-state index in [0.29, 0.717) is 0 Å². The third-order valence-electron chi connectivity index (χ3n) is 2.06.